The van der Waals surface area contributed by atoms with Gasteiger partial charge in [-0.2, -0.15) is 0 Å². The van der Waals surface area contributed by atoms with Crippen LogP contribution in [0.5, 0.6) is 0 Å². The van der Waals surface area contributed by atoms with Crippen LogP contribution in [0.3, 0.4) is 0 Å². The lowest BCUT2D eigenvalue weighted by Crippen LogP contribution is -2.07. The molecule has 0 fully saturated rings. The summed E-state index contributed by atoms with van der Waals surface area (Å²) in [6, 6.07) is 11.7. The minimum Gasteiger partial charge on any atom is -0.459 e. The van der Waals surface area contributed by atoms with Crippen LogP contribution in [0.15, 0.2) is 47.2 Å². The van der Waals surface area contributed by atoms with Crippen LogP contribution in [0.25, 0.3) is 10.6 Å². The summed E-state index contributed by atoms with van der Waals surface area (Å²) in [6.07, 6.45) is 0.261. The molecule has 0 bridgehead atoms. The lowest BCUT2D eigenvalue weighted by molar-refractivity contribution is -0.145. The Morgan fingerprint density at radius 3 is 2.60 bits per heavy atom. The maximum atomic E-state index is 11.9. The summed E-state index contributed by atoms with van der Waals surface area (Å²) in [4.78, 5) is 28.8. The van der Waals surface area contributed by atoms with Crippen molar-refractivity contribution in [3.8, 4) is 10.6 Å². The Kier molecular flexibility index (Phi) is 5.73. The number of carbonyl (C=O) groups is 2. The second-order valence-electron chi connectivity index (χ2n) is 5.57. The molecule has 2 aromatic heterocycles. The van der Waals surface area contributed by atoms with Crippen molar-refractivity contribution in [2.45, 2.75) is 26.4 Å². The molecule has 0 aliphatic rings. The predicted molar refractivity (Wildman–Crippen MR) is 100.0 cm³/mol. The third kappa shape index (κ3) is 4.84. The maximum Gasteiger partial charge on any atom is 0.306 e. The second-order valence-corrected chi connectivity index (χ2v) is 7.38. The first-order valence-electron chi connectivity index (χ1n) is 7.85. The molecule has 0 saturated carbocycles. The Bertz CT molecular complexity index is 851. The van der Waals surface area contributed by atoms with Crippen molar-refractivity contribution in [1.82, 2.24) is 4.98 Å². The van der Waals surface area contributed by atoms with E-state index in [-0.39, 0.29) is 31.2 Å². The van der Waals surface area contributed by atoms with E-state index in [1.54, 1.807) is 6.07 Å². The fourth-order valence-electron chi connectivity index (χ4n) is 2.20. The second kappa shape index (κ2) is 8.18. The normalized spacial score (nSPS) is 10.6. The van der Waals surface area contributed by atoms with Crippen LogP contribution in [0.1, 0.15) is 33.8 Å². The standard InChI is InChI=1S/C19H17NO3S2/c1-13-4-6-14(7-5-13)19-20-15(12-25-19)11-23-18(22)9-8-16(21)17-3-2-10-24-17/h2-7,10,12H,8-9,11H2,1H3. The Labute approximate surface area is 154 Å². The summed E-state index contributed by atoms with van der Waals surface area (Å²) in [5, 5.41) is 4.64. The number of thiophene rings is 1. The van der Waals surface area contributed by atoms with E-state index in [1.807, 2.05) is 48.0 Å². The van der Waals surface area contributed by atoms with Crippen LogP contribution in [-0.2, 0) is 16.1 Å². The number of esters is 1. The zero-order chi connectivity index (χ0) is 17.6. The first-order valence-corrected chi connectivity index (χ1v) is 9.61. The van der Waals surface area contributed by atoms with Crippen molar-refractivity contribution in [2.24, 2.45) is 0 Å². The minimum atomic E-state index is -0.380. The van der Waals surface area contributed by atoms with Gasteiger partial charge in [0.15, 0.2) is 5.78 Å². The fraction of sp³-hybridized carbons (Fsp3) is 0.211. The highest BCUT2D eigenvalue weighted by atomic mass is 32.1. The number of hydrogen-bond donors (Lipinski definition) is 0. The van der Waals surface area contributed by atoms with Crippen molar-refractivity contribution < 1.29 is 14.3 Å². The van der Waals surface area contributed by atoms with Gasteiger partial charge in [-0.3, -0.25) is 9.59 Å². The molecule has 0 amide bonds. The summed E-state index contributed by atoms with van der Waals surface area (Å²) < 4.78 is 5.22. The van der Waals surface area contributed by atoms with E-state index in [1.165, 1.54) is 28.2 Å². The van der Waals surface area contributed by atoms with Crippen LogP contribution in [0, 0.1) is 6.92 Å². The highest BCUT2D eigenvalue weighted by Crippen LogP contribution is 2.24. The van der Waals surface area contributed by atoms with Crippen LogP contribution in [-0.4, -0.2) is 16.7 Å². The minimum absolute atomic E-state index is 0.0257. The van der Waals surface area contributed by atoms with E-state index in [0.29, 0.717) is 4.88 Å². The van der Waals surface area contributed by atoms with Gasteiger partial charge >= 0.3 is 5.97 Å². The zero-order valence-corrected chi connectivity index (χ0v) is 15.4. The Morgan fingerprint density at radius 1 is 1.08 bits per heavy atom. The number of ether oxygens (including phenoxy) is 1. The number of thiazole rings is 1. The number of Topliss-reactive ketones (excluding diaryl/α,β-unsaturated/α-hetero) is 1. The number of nitrogens with zero attached hydrogens (tertiary/aromatic N) is 1. The van der Waals surface area contributed by atoms with Gasteiger partial charge in [0.05, 0.1) is 17.0 Å². The van der Waals surface area contributed by atoms with E-state index >= 15 is 0 Å². The quantitative estimate of drug-likeness (QED) is 0.438. The Morgan fingerprint density at radius 2 is 1.88 bits per heavy atom. The number of rotatable bonds is 7. The third-order valence-electron chi connectivity index (χ3n) is 3.58. The van der Waals surface area contributed by atoms with Gasteiger partial charge in [-0.15, -0.1) is 22.7 Å². The van der Waals surface area contributed by atoms with Crippen LogP contribution >= 0.6 is 22.7 Å². The predicted octanol–water partition coefficient (Wildman–Crippen LogP) is 4.89. The lowest BCUT2D eigenvalue weighted by Gasteiger charge is -2.02. The first-order chi connectivity index (χ1) is 12.1. The number of carbonyl (C=O) groups excluding carboxylic acids is 2. The molecule has 6 heteroatoms. The summed E-state index contributed by atoms with van der Waals surface area (Å²) in [7, 11) is 0. The average molecular weight is 371 g/mol. The summed E-state index contributed by atoms with van der Waals surface area (Å²) >= 11 is 2.91. The SMILES string of the molecule is Cc1ccc(-c2nc(COC(=O)CCC(=O)c3cccs3)cs2)cc1. The van der Waals surface area contributed by atoms with Crippen molar-refractivity contribution in [3.63, 3.8) is 0 Å². The number of hydrogen-bond acceptors (Lipinski definition) is 6. The van der Waals surface area contributed by atoms with Gasteiger partial charge in [0.2, 0.25) is 0 Å². The molecule has 0 unspecified atom stereocenters. The van der Waals surface area contributed by atoms with Gasteiger partial charge in [0, 0.05) is 17.4 Å². The molecule has 25 heavy (non-hydrogen) atoms. The molecule has 1 aromatic carbocycles. The van der Waals surface area contributed by atoms with E-state index in [2.05, 4.69) is 4.98 Å². The van der Waals surface area contributed by atoms with Crippen molar-refractivity contribution >= 4 is 34.4 Å². The third-order valence-corrected chi connectivity index (χ3v) is 5.43. The van der Waals surface area contributed by atoms with E-state index in [4.69, 9.17) is 4.74 Å². The van der Waals surface area contributed by atoms with Crippen molar-refractivity contribution in [3.05, 3.63) is 63.3 Å². The monoisotopic (exact) mass is 371 g/mol. The number of aryl methyl sites for hydroxylation is 1. The number of aromatic nitrogens is 1. The molecule has 0 saturated heterocycles. The Balaban J connectivity index is 1.48. The lowest BCUT2D eigenvalue weighted by atomic mass is 10.2. The smallest absolute Gasteiger partial charge is 0.306 e. The molecule has 0 spiro atoms. The van der Waals surface area contributed by atoms with E-state index < -0.39 is 0 Å². The molecule has 4 nitrogen and oxygen atoms in total. The highest BCUT2D eigenvalue weighted by Gasteiger charge is 2.12. The van der Waals surface area contributed by atoms with Crippen molar-refractivity contribution in [1.29, 1.82) is 0 Å². The largest absolute Gasteiger partial charge is 0.459 e. The summed E-state index contributed by atoms with van der Waals surface area (Å²) in [5.74, 6) is -0.406. The summed E-state index contributed by atoms with van der Waals surface area (Å²) in [5.41, 5.74) is 2.97. The van der Waals surface area contributed by atoms with E-state index in [9.17, 15) is 9.59 Å². The molecular weight excluding hydrogens is 354 g/mol. The van der Waals surface area contributed by atoms with Crippen LogP contribution < -0.4 is 0 Å². The molecule has 0 aliphatic heterocycles. The number of benzene rings is 1. The van der Waals surface area contributed by atoms with Crippen molar-refractivity contribution in [2.75, 3.05) is 0 Å². The Hall–Kier alpha value is -2.31. The molecule has 128 valence electrons. The van der Waals surface area contributed by atoms with Gasteiger partial charge in [-0.1, -0.05) is 35.9 Å². The zero-order valence-electron chi connectivity index (χ0n) is 13.7. The van der Waals surface area contributed by atoms with Gasteiger partial charge in [0.25, 0.3) is 0 Å². The molecule has 0 aliphatic carbocycles. The molecular formula is C19H17NO3S2. The molecule has 0 radical (unpaired) electrons. The molecule has 2 heterocycles. The van der Waals surface area contributed by atoms with E-state index in [0.717, 1.165) is 16.3 Å². The average Bonchev–Trinajstić information content (AvgIpc) is 3.30. The van der Waals surface area contributed by atoms with Crippen LogP contribution in [0.2, 0.25) is 0 Å². The van der Waals surface area contributed by atoms with Gasteiger partial charge < -0.3 is 4.74 Å². The van der Waals surface area contributed by atoms with Gasteiger partial charge in [-0.25, -0.2) is 4.98 Å². The van der Waals surface area contributed by atoms with Gasteiger partial charge in [-0.05, 0) is 18.4 Å². The number of ketones is 1. The van der Waals surface area contributed by atoms with Crippen LogP contribution in [0.4, 0.5) is 0 Å². The fourth-order valence-corrected chi connectivity index (χ4v) is 3.71. The van der Waals surface area contributed by atoms with Gasteiger partial charge in [0.1, 0.15) is 11.6 Å². The molecule has 3 rings (SSSR count). The molecule has 0 N–H and O–H groups in total. The maximum absolute atomic E-state index is 11.9. The molecule has 3 aromatic rings. The summed E-state index contributed by atoms with van der Waals surface area (Å²) in [6.45, 7) is 2.17. The molecule has 0 atom stereocenters. The first kappa shape index (κ1) is 17.5. The topological polar surface area (TPSA) is 56.3 Å². The highest BCUT2D eigenvalue weighted by molar-refractivity contribution is 7.13.